The Morgan fingerprint density at radius 1 is 1.12 bits per heavy atom. The molecule has 0 aromatic rings. The van der Waals surface area contributed by atoms with Crippen LogP contribution >= 0.6 is 0 Å². The third-order valence-electron chi connectivity index (χ3n) is 2.80. The van der Waals surface area contributed by atoms with E-state index in [1.165, 1.54) is 0 Å². The normalized spacial score (nSPS) is 14.5. The summed E-state index contributed by atoms with van der Waals surface area (Å²) in [6, 6.07) is 0. The van der Waals surface area contributed by atoms with Crippen LogP contribution in [-0.2, 0) is 29.2 Å². The van der Waals surface area contributed by atoms with Gasteiger partial charge in [-0.1, -0.05) is 13.5 Å². The maximum absolute atomic E-state index is 13.0. The molecule has 14 heteroatoms. The second-order valence-corrected chi connectivity index (χ2v) is 6.43. The monoisotopic (exact) mass is 415 g/mol. The van der Waals surface area contributed by atoms with Crippen LogP contribution in [0.25, 0.3) is 0 Å². The molecule has 0 aromatic heterocycles. The minimum atomic E-state index is -6.50. The van der Waals surface area contributed by atoms with Gasteiger partial charge in [0.05, 0.1) is 15.9 Å². The SMILES string of the molecule is C=C(C)C(=O)OC(CC)C(=O)OC(CS(=O)(=O)[O-])(C(F)(F)F)C(F)(F)F. The molecule has 26 heavy (non-hydrogen) atoms. The minimum absolute atomic E-state index is 0.323. The molecule has 0 heterocycles. The van der Waals surface area contributed by atoms with E-state index in [1.54, 1.807) is 0 Å². The molecule has 0 amide bonds. The number of carbonyl (C=O) groups is 2. The van der Waals surface area contributed by atoms with Crippen LogP contribution in [0.15, 0.2) is 12.2 Å². The highest BCUT2D eigenvalue weighted by Gasteiger charge is 2.75. The van der Waals surface area contributed by atoms with E-state index in [0.717, 1.165) is 13.8 Å². The fourth-order valence-corrected chi connectivity index (χ4v) is 2.37. The Kier molecular flexibility index (Phi) is 7.27. The lowest BCUT2D eigenvalue weighted by Crippen LogP contribution is -2.64. The zero-order chi connectivity index (χ0) is 21.1. The van der Waals surface area contributed by atoms with Crippen molar-refractivity contribution in [3.8, 4) is 0 Å². The Labute approximate surface area is 143 Å². The number of ether oxygens (including phenoxy) is 2. The van der Waals surface area contributed by atoms with Gasteiger partial charge in [-0.3, -0.25) is 0 Å². The van der Waals surface area contributed by atoms with Gasteiger partial charge >= 0.3 is 29.9 Å². The second kappa shape index (κ2) is 7.82. The number of rotatable bonds is 7. The van der Waals surface area contributed by atoms with Crippen molar-refractivity contribution in [2.75, 3.05) is 5.75 Å². The zero-order valence-electron chi connectivity index (χ0n) is 13.2. The van der Waals surface area contributed by atoms with Gasteiger partial charge in [0.25, 0.3) is 0 Å². The Hall–Kier alpha value is -1.83. The molecule has 1 atom stereocenters. The predicted octanol–water partition coefficient (Wildman–Crippen LogP) is 1.84. The standard InChI is InChI=1S/C12H14F6O7S/c1-4-7(24-8(19)6(2)3)9(20)25-10(11(13,14)15,12(16,17)18)5-26(21,22)23/h7H,2,4-5H2,1,3H3,(H,21,22,23)/p-1. The molecule has 7 nitrogen and oxygen atoms in total. The fourth-order valence-electron chi connectivity index (χ4n) is 1.48. The number of hydrogen-bond acceptors (Lipinski definition) is 7. The van der Waals surface area contributed by atoms with Crippen LogP contribution in [0.4, 0.5) is 26.3 Å². The van der Waals surface area contributed by atoms with Gasteiger partial charge in [-0.2, -0.15) is 26.3 Å². The fraction of sp³-hybridized carbons (Fsp3) is 0.667. The third-order valence-corrected chi connectivity index (χ3v) is 3.56. The smallest absolute Gasteiger partial charge is 0.438 e. The summed E-state index contributed by atoms with van der Waals surface area (Å²) >= 11 is 0. The van der Waals surface area contributed by atoms with Crippen LogP contribution in [0.1, 0.15) is 20.3 Å². The number of carbonyl (C=O) groups excluding carboxylic acids is 2. The molecule has 0 aliphatic carbocycles. The summed E-state index contributed by atoms with van der Waals surface area (Å²) in [6.07, 6.45) is -15.8. The Morgan fingerprint density at radius 3 is 1.81 bits per heavy atom. The van der Waals surface area contributed by atoms with Crippen molar-refractivity contribution in [3.05, 3.63) is 12.2 Å². The molecule has 152 valence electrons. The van der Waals surface area contributed by atoms with Crippen LogP contribution < -0.4 is 0 Å². The summed E-state index contributed by atoms with van der Waals surface area (Å²) in [7, 11) is -6.15. The van der Waals surface area contributed by atoms with Crippen molar-refractivity contribution in [2.45, 2.75) is 44.3 Å². The van der Waals surface area contributed by atoms with Crippen molar-refractivity contribution in [3.63, 3.8) is 0 Å². The first-order chi connectivity index (χ1) is 11.4. The highest BCUT2D eigenvalue weighted by atomic mass is 32.2. The first-order valence-corrected chi connectivity index (χ1v) is 8.12. The lowest BCUT2D eigenvalue weighted by Gasteiger charge is -2.37. The van der Waals surface area contributed by atoms with E-state index in [0.29, 0.717) is 0 Å². The summed E-state index contributed by atoms with van der Waals surface area (Å²) in [5.41, 5.74) is -5.95. The van der Waals surface area contributed by atoms with Crippen LogP contribution in [-0.4, -0.2) is 54.7 Å². The van der Waals surface area contributed by atoms with E-state index in [1.807, 2.05) is 0 Å². The molecule has 0 bridgehead atoms. The van der Waals surface area contributed by atoms with E-state index < -0.39 is 58.3 Å². The molecule has 1 unspecified atom stereocenters. The molecule has 0 spiro atoms. The Balaban J connectivity index is 6.05. The Morgan fingerprint density at radius 2 is 1.54 bits per heavy atom. The summed E-state index contributed by atoms with van der Waals surface area (Å²) in [5, 5.41) is 0. The van der Waals surface area contributed by atoms with Gasteiger partial charge in [-0.15, -0.1) is 0 Å². The zero-order valence-corrected chi connectivity index (χ0v) is 14.0. The largest absolute Gasteiger partial charge is 0.748 e. The van der Waals surface area contributed by atoms with Crippen LogP contribution in [0.5, 0.6) is 0 Å². The van der Waals surface area contributed by atoms with Crippen LogP contribution in [0.2, 0.25) is 0 Å². The molecule has 0 fully saturated rings. The number of esters is 2. The highest BCUT2D eigenvalue weighted by Crippen LogP contribution is 2.47. The van der Waals surface area contributed by atoms with E-state index in [-0.39, 0.29) is 5.57 Å². The molecular formula is C12H13F6O7S-. The molecule has 0 saturated heterocycles. The van der Waals surface area contributed by atoms with E-state index in [9.17, 15) is 48.9 Å². The van der Waals surface area contributed by atoms with Gasteiger partial charge in [0, 0.05) is 5.57 Å². The lowest BCUT2D eigenvalue weighted by molar-refractivity contribution is -0.362. The molecule has 0 saturated carbocycles. The molecule has 0 aliphatic rings. The van der Waals surface area contributed by atoms with E-state index in [2.05, 4.69) is 16.1 Å². The van der Waals surface area contributed by atoms with Gasteiger partial charge < -0.3 is 14.0 Å². The molecular weight excluding hydrogens is 402 g/mol. The minimum Gasteiger partial charge on any atom is -0.748 e. The second-order valence-electron chi connectivity index (χ2n) is 5.03. The van der Waals surface area contributed by atoms with Gasteiger partial charge in [0.1, 0.15) is 0 Å². The molecule has 0 aliphatic heterocycles. The van der Waals surface area contributed by atoms with E-state index in [4.69, 9.17) is 0 Å². The van der Waals surface area contributed by atoms with Crippen LogP contribution in [0, 0.1) is 0 Å². The van der Waals surface area contributed by atoms with Gasteiger partial charge in [-0.05, 0) is 13.3 Å². The topological polar surface area (TPSA) is 110 Å². The summed E-state index contributed by atoms with van der Waals surface area (Å²) in [5.74, 6) is -6.78. The van der Waals surface area contributed by atoms with Gasteiger partial charge in [0.2, 0.25) is 0 Å². The summed E-state index contributed by atoms with van der Waals surface area (Å²) < 4.78 is 117. The van der Waals surface area contributed by atoms with Gasteiger partial charge in [0.15, 0.2) is 6.10 Å². The summed E-state index contributed by atoms with van der Waals surface area (Å²) in [4.78, 5) is 23.0. The van der Waals surface area contributed by atoms with Crippen molar-refractivity contribution in [1.82, 2.24) is 0 Å². The first-order valence-electron chi connectivity index (χ1n) is 6.54. The Bertz CT molecular complexity index is 651. The van der Waals surface area contributed by atoms with Crippen molar-refractivity contribution in [2.24, 2.45) is 0 Å². The average molecular weight is 415 g/mol. The van der Waals surface area contributed by atoms with Crippen LogP contribution in [0.3, 0.4) is 0 Å². The average Bonchev–Trinajstić information content (AvgIpc) is 2.39. The van der Waals surface area contributed by atoms with Crippen molar-refractivity contribution < 1.29 is 58.4 Å². The lowest BCUT2D eigenvalue weighted by atomic mass is 10.1. The van der Waals surface area contributed by atoms with Crippen molar-refractivity contribution >= 4 is 22.1 Å². The molecule has 0 N–H and O–H groups in total. The summed E-state index contributed by atoms with van der Waals surface area (Å²) in [6.45, 7) is 5.24. The molecule has 0 rings (SSSR count). The van der Waals surface area contributed by atoms with Crippen molar-refractivity contribution in [1.29, 1.82) is 0 Å². The molecule has 0 aromatic carbocycles. The first kappa shape index (κ1) is 24.2. The van der Waals surface area contributed by atoms with E-state index >= 15 is 0 Å². The third kappa shape index (κ3) is 5.86. The highest BCUT2D eigenvalue weighted by molar-refractivity contribution is 7.85. The predicted molar refractivity (Wildman–Crippen MR) is 70.5 cm³/mol. The maximum atomic E-state index is 13.0. The quantitative estimate of drug-likeness (QED) is 0.270. The molecule has 0 radical (unpaired) electrons. The number of hydrogen-bond donors (Lipinski definition) is 0. The number of alkyl halides is 6. The number of halogens is 6. The van der Waals surface area contributed by atoms with Gasteiger partial charge in [-0.25, -0.2) is 18.0 Å². The maximum Gasteiger partial charge on any atom is 0.438 e.